The second-order valence-corrected chi connectivity index (χ2v) is 8.50. The summed E-state index contributed by atoms with van der Waals surface area (Å²) in [6, 6.07) is 8.53. The first-order chi connectivity index (χ1) is 9.72. The van der Waals surface area contributed by atoms with Gasteiger partial charge in [0.2, 0.25) is 0 Å². The lowest BCUT2D eigenvalue weighted by molar-refractivity contribution is 0.454. The van der Waals surface area contributed by atoms with Crippen LogP contribution in [0.15, 0.2) is 33.2 Å². The van der Waals surface area contributed by atoms with E-state index in [0.717, 1.165) is 33.0 Å². The quantitative estimate of drug-likeness (QED) is 0.842. The van der Waals surface area contributed by atoms with Gasteiger partial charge in [-0.15, -0.1) is 0 Å². The fraction of sp³-hybridized carbons (Fsp3) is 0.467. The van der Waals surface area contributed by atoms with E-state index in [1.165, 1.54) is 17.3 Å². The van der Waals surface area contributed by atoms with Crippen LogP contribution in [-0.2, 0) is 0 Å². The summed E-state index contributed by atoms with van der Waals surface area (Å²) >= 11 is 7.65. The second-order valence-electron chi connectivity index (χ2n) is 5.03. The number of hydrogen-bond donors (Lipinski definition) is 1. The highest BCUT2D eigenvalue weighted by Crippen LogP contribution is 2.27. The van der Waals surface area contributed by atoms with Crippen LogP contribution in [0.3, 0.4) is 0 Å². The van der Waals surface area contributed by atoms with Gasteiger partial charge in [0.15, 0.2) is 0 Å². The molecule has 1 aromatic carbocycles. The average molecular weight is 372 g/mol. The molecular weight excluding hydrogens is 354 g/mol. The van der Waals surface area contributed by atoms with Crippen molar-refractivity contribution < 1.29 is 4.42 Å². The zero-order valence-corrected chi connectivity index (χ0v) is 14.6. The van der Waals surface area contributed by atoms with E-state index in [1.54, 1.807) is 0 Å². The van der Waals surface area contributed by atoms with Crippen molar-refractivity contribution >= 4 is 50.4 Å². The van der Waals surface area contributed by atoms with Crippen LogP contribution in [0.25, 0.3) is 11.0 Å². The fourth-order valence-corrected chi connectivity index (χ4v) is 5.31. The smallest absolute Gasteiger partial charge is 0.134 e. The van der Waals surface area contributed by atoms with Crippen molar-refractivity contribution in [2.75, 3.05) is 23.8 Å². The molecule has 0 amide bonds. The van der Waals surface area contributed by atoms with Crippen molar-refractivity contribution in [1.82, 2.24) is 5.32 Å². The predicted octanol–water partition coefficient (Wildman–Crippen LogP) is 4.69. The molecule has 5 heteroatoms. The largest absolute Gasteiger partial charge is 0.459 e. The summed E-state index contributed by atoms with van der Waals surface area (Å²) in [5.41, 5.74) is 0.958. The summed E-state index contributed by atoms with van der Waals surface area (Å²) in [4.78, 5) is 0. The highest BCUT2D eigenvalue weighted by atomic mass is 79.9. The van der Waals surface area contributed by atoms with E-state index in [9.17, 15) is 0 Å². The molecular formula is C15H18BrNOS2. The number of benzene rings is 1. The zero-order valence-electron chi connectivity index (χ0n) is 11.4. The predicted molar refractivity (Wildman–Crippen MR) is 93.9 cm³/mol. The molecule has 0 spiro atoms. The molecule has 2 unspecified atom stereocenters. The molecule has 1 saturated heterocycles. The minimum Gasteiger partial charge on any atom is -0.459 e. The molecule has 1 aliphatic rings. The summed E-state index contributed by atoms with van der Waals surface area (Å²) in [5, 5.41) is 5.49. The van der Waals surface area contributed by atoms with Gasteiger partial charge in [0.25, 0.3) is 0 Å². The average Bonchev–Trinajstić information content (AvgIpc) is 2.89. The molecule has 2 heterocycles. The van der Waals surface area contributed by atoms with Gasteiger partial charge < -0.3 is 9.73 Å². The topological polar surface area (TPSA) is 25.2 Å². The van der Waals surface area contributed by atoms with E-state index in [4.69, 9.17) is 4.42 Å². The summed E-state index contributed by atoms with van der Waals surface area (Å²) in [6.45, 7) is 3.23. The normalized spacial score (nSPS) is 21.2. The Morgan fingerprint density at radius 1 is 1.40 bits per heavy atom. The van der Waals surface area contributed by atoms with E-state index in [1.807, 2.05) is 12.1 Å². The Hall–Kier alpha value is -0.100. The maximum absolute atomic E-state index is 5.93. The van der Waals surface area contributed by atoms with Crippen LogP contribution in [0.5, 0.6) is 0 Å². The van der Waals surface area contributed by atoms with E-state index in [0.29, 0.717) is 0 Å². The van der Waals surface area contributed by atoms with Gasteiger partial charge in [0.05, 0.1) is 6.04 Å². The molecule has 0 bridgehead atoms. The van der Waals surface area contributed by atoms with E-state index >= 15 is 0 Å². The molecule has 108 valence electrons. The summed E-state index contributed by atoms with van der Waals surface area (Å²) < 4.78 is 7.02. The summed E-state index contributed by atoms with van der Waals surface area (Å²) in [6.07, 6.45) is 0. The van der Waals surface area contributed by atoms with Crippen LogP contribution in [0, 0.1) is 0 Å². The minimum atomic E-state index is 0.258. The molecule has 2 atom stereocenters. The van der Waals surface area contributed by atoms with Gasteiger partial charge in [0, 0.05) is 38.9 Å². The van der Waals surface area contributed by atoms with Crippen molar-refractivity contribution in [1.29, 1.82) is 0 Å². The Morgan fingerprint density at radius 2 is 2.30 bits per heavy atom. The van der Waals surface area contributed by atoms with Gasteiger partial charge in [-0.1, -0.05) is 15.9 Å². The van der Waals surface area contributed by atoms with Gasteiger partial charge in [-0.3, -0.25) is 0 Å². The highest BCUT2D eigenvalue weighted by Gasteiger charge is 2.17. The molecule has 2 aromatic rings. The van der Waals surface area contributed by atoms with Crippen molar-refractivity contribution in [3.8, 4) is 0 Å². The first-order valence-electron chi connectivity index (χ1n) is 6.84. The molecule has 0 radical (unpaired) electrons. The third-order valence-corrected chi connectivity index (χ3v) is 6.80. The summed E-state index contributed by atoms with van der Waals surface area (Å²) in [5.74, 6) is 4.86. The lowest BCUT2D eigenvalue weighted by Gasteiger charge is -2.22. The van der Waals surface area contributed by atoms with Crippen molar-refractivity contribution in [3.05, 3.63) is 34.5 Å². The zero-order chi connectivity index (χ0) is 13.9. The molecule has 3 rings (SSSR count). The number of nitrogens with one attached hydrogen (secondary N) is 1. The highest BCUT2D eigenvalue weighted by molar-refractivity contribution is 9.10. The summed E-state index contributed by atoms with van der Waals surface area (Å²) in [7, 11) is 0. The van der Waals surface area contributed by atoms with Crippen LogP contribution in [0.1, 0.15) is 18.7 Å². The Balaban J connectivity index is 1.64. The number of halogens is 1. The van der Waals surface area contributed by atoms with Gasteiger partial charge >= 0.3 is 0 Å². The van der Waals surface area contributed by atoms with Crippen LogP contribution < -0.4 is 5.32 Å². The second kappa shape index (κ2) is 6.77. The van der Waals surface area contributed by atoms with Gasteiger partial charge in [0.1, 0.15) is 11.3 Å². The van der Waals surface area contributed by atoms with E-state index in [-0.39, 0.29) is 6.04 Å². The fourth-order valence-electron chi connectivity index (χ4n) is 2.31. The molecule has 1 aliphatic heterocycles. The number of hydrogen-bond acceptors (Lipinski definition) is 4. The first-order valence-corrected chi connectivity index (χ1v) is 9.84. The van der Waals surface area contributed by atoms with Crippen LogP contribution >= 0.6 is 39.5 Å². The first kappa shape index (κ1) is 14.8. The Morgan fingerprint density at radius 3 is 3.10 bits per heavy atom. The maximum Gasteiger partial charge on any atom is 0.134 e. The Labute approximate surface area is 136 Å². The van der Waals surface area contributed by atoms with Gasteiger partial charge in [-0.2, -0.15) is 23.5 Å². The van der Waals surface area contributed by atoms with Crippen molar-refractivity contribution in [3.63, 3.8) is 0 Å². The van der Waals surface area contributed by atoms with Gasteiger partial charge in [-0.25, -0.2) is 0 Å². The maximum atomic E-state index is 5.93. The third kappa shape index (κ3) is 3.56. The molecule has 0 saturated carbocycles. The van der Waals surface area contributed by atoms with E-state index < -0.39 is 0 Å². The van der Waals surface area contributed by atoms with E-state index in [2.05, 4.69) is 63.8 Å². The van der Waals surface area contributed by atoms with Crippen LogP contribution in [0.4, 0.5) is 0 Å². The van der Waals surface area contributed by atoms with Crippen molar-refractivity contribution in [2.24, 2.45) is 0 Å². The van der Waals surface area contributed by atoms with Gasteiger partial charge in [-0.05, 0) is 31.2 Å². The Bertz CT molecular complexity index is 580. The lowest BCUT2D eigenvalue weighted by Crippen LogP contribution is -2.30. The number of fused-ring (bicyclic) bond motifs is 1. The lowest BCUT2D eigenvalue weighted by atomic mass is 10.2. The SMILES string of the molecule is CC(NCC1CSCCS1)c1cc2cc(Br)ccc2o1. The third-order valence-electron chi connectivity index (χ3n) is 3.46. The molecule has 20 heavy (non-hydrogen) atoms. The molecule has 0 aliphatic carbocycles. The number of thioether (sulfide) groups is 2. The molecule has 1 aromatic heterocycles. The van der Waals surface area contributed by atoms with Crippen LogP contribution in [0.2, 0.25) is 0 Å². The van der Waals surface area contributed by atoms with Crippen LogP contribution in [-0.4, -0.2) is 29.1 Å². The molecule has 1 fully saturated rings. The number of rotatable bonds is 4. The number of furan rings is 1. The Kier molecular flexibility index (Phi) is 5.02. The molecule has 1 N–H and O–H groups in total. The minimum absolute atomic E-state index is 0.258. The molecule has 2 nitrogen and oxygen atoms in total. The van der Waals surface area contributed by atoms with Crippen molar-refractivity contribution in [2.45, 2.75) is 18.2 Å². The standard InChI is InChI=1S/C15H18BrNOS2/c1-10(17-8-13-9-19-4-5-20-13)15-7-11-6-12(16)2-3-14(11)18-15/h2-3,6-7,10,13,17H,4-5,8-9H2,1H3. The monoisotopic (exact) mass is 371 g/mol.